The molecule has 1 aromatic carbocycles. The first kappa shape index (κ1) is 15.2. The monoisotopic (exact) mass is 287 g/mol. The Morgan fingerprint density at radius 1 is 1.29 bits per heavy atom. The molecule has 1 N–H and O–H groups in total. The van der Waals surface area contributed by atoms with E-state index in [1.54, 1.807) is 13.4 Å². The third kappa shape index (κ3) is 4.99. The van der Waals surface area contributed by atoms with E-state index in [0.29, 0.717) is 12.8 Å². The first-order chi connectivity index (χ1) is 10.2. The molecule has 1 atom stereocenters. The van der Waals surface area contributed by atoms with Crippen molar-refractivity contribution < 1.29 is 13.9 Å². The SMILES string of the molecule is COc1ccc(CCC(=O)N[C@@H](C)Cc2ccco2)cc1. The van der Waals surface area contributed by atoms with Gasteiger partial charge in [-0.1, -0.05) is 12.1 Å². The number of hydrogen-bond acceptors (Lipinski definition) is 3. The first-order valence-corrected chi connectivity index (χ1v) is 7.12. The number of carbonyl (C=O) groups is 1. The van der Waals surface area contributed by atoms with Crippen LogP contribution in [0.4, 0.5) is 0 Å². The molecular weight excluding hydrogens is 266 g/mol. The van der Waals surface area contributed by atoms with Gasteiger partial charge < -0.3 is 14.5 Å². The van der Waals surface area contributed by atoms with Crippen LogP contribution in [0.5, 0.6) is 5.75 Å². The van der Waals surface area contributed by atoms with Crippen molar-refractivity contribution in [1.29, 1.82) is 0 Å². The summed E-state index contributed by atoms with van der Waals surface area (Å²) in [5.74, 6) is 1.78. The summed E-state index contributed by atoms with van der Waals surface area (Å²) in [6, 6.07) is 11.6. The number of ether oxygens (including phenoxy) is 1. The highest BCUT2D eigenvalue weighted by Gasteiger charge is 2.09. The summed E-state index contributed by atoms with van der Waals surface area (Å²) in [5.41, 5.74) is 1.13. The molecule has 4 heteroatoms. The van der Waals surface area contributed by atoms with Crippen LogP contribution in [0.2, 0.25) is 0 Å². The Bertz CT molecular complexity index is 546. The van der Waals surface area contributed by atoms with E-state index >= 15 is 0 Å². The number of methoxy groups -OCH3 is 1. The summed E-state index contributed by atoms with van der Waals surface area (Å²) in [4.78, 5) is 11.9. The number of furan rings is 1. The number of rotatable bonds is 7. The predicted octanol–water partition coefficient (Wildman–Crippen LogP) is 2.97. The molecule has 0 fully saturated rings. The largest absolute Gasteiger partial charge is 0.497 e. The molecule has 0 spiro atoms. The molecule has 1 heterocycles. The maximum absolute atomic E-state index is 11.9. The summed E-state index contributed by atoms with van der Waals surface area (Å²) in [6.45, 7) is 1.98. The van der Waals surface area contributed by atoms with Crippen molar-refractivity contribution in [2.75, 3.05) is 7.11 Å². The Hall–Kier alpha value is -2.23. The lowest BCUT2D eigenvalue weighted by atomic mass is 10.1. The van der Waals surface area contributed by atoms with Crippen molar-refractivity contribution >= 4 is 5.91 Å². The lowest BCUT2D eigenvalue weighted by molar-refractivity contribution is -0.121. The van der Waals surface area contributed by atoms with E-state index in [2.05, 4.69) is 5.32 Å². The van der Waals surface area contributed by atoms with Crippen molar-refractivity contribution in [3.8, 4) is 5.75 Å². The van der Waals surface area contributed by atoms with Gasteiger partial charge in [-0.3, -0.25) is 4.79 Å². The Kier molecular flexibility index (Phi) is 5.43. The van der Waals surface area contributed by atoms with E-state index in [0.717, 1.165) is 23.5 Å². The van der Waals surface area contributed by atoms with Crippen molar-refractivity contribution in [3.63, 3.8) is 0 Å². The molecule has 21 heavy (non-hydrogen) atoms. The highest BCUT2D eigenvalue weighted by molar-refractivity contribution is 5.76. The van der Waals surface area contributed by atoms with Crippen molar-refractivity contribution in [1.82, 2.24) is 5.32 Å². The predicted molar refractivity (Wildman–Crippen MR) is 81.3 cm³/mol. The van der Waals surface area contributed by atoms with Gasteiger partial charge in [-0.2, -0.15) is 0 Å². The van der Waals surface area contributed by atoms with E-state index in [-0.39, 0.29) is 11.9 Å². The maximum atomic E-state index is 11.9. The Labute approximate surface area is 125 Å². The molecule has 112 valence electrons. The molecule has 0 aliphatic heterocycles. The number of aryl methyl sites for hydroxylation is 1. The lowest BCUT2D eigenvalue weighted by Crippen LogP contribution is -2.34. The van der Waals surface area contributed by atoms with Crippen LogP contribution in [0.15, 0.2) is 47.1 Å². The third-order valence-electron chi connectivity index (χ3n) is 3.29. The summed E-state index contributed by atoms with van der Waals surface area (Å²) in [6.07, 6.45) is 3.56. The molecular formula is C17H21NO3. The van der Waals surface area contributed by atoms with Gasteiger partial charge in [0.15, 0.2) is 0 Å². The number of benzene rings is 1. The smallest absolute Gasteiger partial charge is 0.220 e. The van der Waals surface area contributed by atoms with Gasteiger partial charge >= 0.3 is 0 Å². The number of nitrogens with one attached hydrogen (secondary N) is 1. The molecule has 0 saturated heterocycles. The van der Waals surface area contributed by atoms with Gasteiger partial charge in [-0.15, -0.1) is 0 Å². The topological polar surface area (TPSA) is 51.5 Å². The van der Waals surface area contributed by atoms with Gasteiger partial charge in [0, 0.05) is 18.9 Å². The van der Waals surface area contributed by atoms with Gasteiger partial charge in [-0.25, -0.2) is 0 Å². The second-order valence-electron chi connectivity index (χ2n) is 5.10. The van der Waals surface area contributed by atoms with Gasteiger partial charge in [0.25, 0.3) is 0 Å². The fraction of sp³-hybridized carbons (Fsp3) is 0.353. The van der Waals surface area contributed by atoms with E-state index in [4.69, 9.17) is 9.15 Å². The van der Waals surface area contributed by atoms with Crippen LogP contribution in [-0.4, -0.2) is 19.1 Å². The molecule has 0 bridgehead atoms. The van der Waals surface area contributed by atoms with Crippen LogP contribution < -0.4 is 10.1 Å². The minimum Gasteiger partial charge on any atom is -0.497 e. The molecule has 1 amide bonds. The zero-order valence-electron chi connectivity index (χ0n) is 12.5. The molecule has 1 aromatic heterocycles. The standard InChI is InChI=1S/C17H21NO3/c1-13(12-16-4-3-11-21-16)18-17(19)10-7-14-5-8-15(20-2)9-6-14/h3-6,8-9,11,13H,7,10,12H2,1-2H3,(H,18,19)/t13-/m0/s1. The van der Waals surface area contributed by atoms with E-state index in [1.165, 1.54) is 0 Å². The Balaban J connectivity index is 1.73. The van der Waals surface area contributed by atoms with Gasteiger partial charge in [0.1, 0.15) is 11.5 Å². The molecule has 0 saturated carbocycles. The van der Waals surface area contributed by atoms with E-state index in [1.807, 2.05) is 43.3 Å². The summed E-state index contributed by atoms with van der Waals surface area (Å²) in [7, 11) is 1.64. The number of amides is 1. The highest BCUT2D eigenvalue weighted by Crippen LogP contribution is 2.12. The van der Waals surface area contributed by atoms with Crippen molar-refractivity contribution in [2.24, 2.45) is 0 Å². The van der Waals surface area contributed by atoms with Gasteiger partial charge in [-0.05, 0) is 43.2 Å². The van der Waals surface area contributed by atoms with Crippen molar-refractivity contribution in [2.45, 2.75) is 32.2 Å². The fourth-order valence-electron chi connectivity index (χ4n) is 2.18. The normalized spacial score (nSPS) is 11.9. The quantitative estimate of drug-likeness (QED) is 0.851. The van der Waals surface area contributed by atoms with Crippen LogP contribution in [0.1, 0.15) is 24.7 Å². The summed E-state index contributed by atoms with van der Waals surface area (Å²) >= 11 is 0. The zero-order valence-corrected chi connectivity index (χ0v) is 12.5. The Morgan fingerprint density at radius 2 is 2.05 bits per heavy atom. The van der Waals surface area contributed by atoms with Crippen LogP contribution in [-0.2, 0) is 17.6 Å². The second kappa shape index (κ2) is 7.53. The highest BCUT2D eigenvalue weighted by atomic mass is 16.5. The first-order valence-electron chi connectivity index (χ1n) is 7.12. The van der Waals surface area contributed by atoms with E-state index < -0.39 is 0 Å². The number of hydrogen-bond donors (Lipinski definition) is 1. The van der Waals surface area contributed by atoms with Crippen LogP contribution >= 0.6 is 0 Å². The average molecular weight is 287 g/mol. The van der Waals surface area contributed by atoms with Crippen LogP contribution in [0.25, 0.3) is 0 Å². The zero-order chi connectivity index (χ0) is 15.1. The molecule has 4 nitrogen and oxygen atoms in total. The van der Waals surface area contributed by atoms with E-state index in [9.17, 15) is 4.79 Å². The van der Waals surface area contributed by atoms with Gasteiger partial charge in [0.05, 0.1) is 13.4 Å². The van der Waals surface area contributed by atoms with Crippen LogP contribution in [0.3, 0.4) is 0 Å². The minimum atomic E-state index is 0.0601. The fourth-order valence-corrected chi connectivity index (χ4v) is 2.18. The molecule has 2 aromatic rings. The molecule has 2 rings (SSSR count). The lowest BCUT2D eigenvalue weighted by Gasteiger charge is -2.12. The minimum absolute atomic E-state index is 0.0601. The molecule has 0 radical (unpaired) electrons. The molecule has 0 aliphatic carbocycles. The second-order valence-corrected chi connectivity index (χ2v) is 5.10. The van der Waals surface area contributed by atoms with Crippen LogP contribution in [0, 0.1) is 0 Å². The third-order valence-corrected chi connectivity index (χ3v) is 3.29. The average Bonchev–Trinajstić information content (AvgIpc) is 2.98. The Morgan fingerprint density at radius 3 is 2.67 bits per heavy atom. The number of carbonyl (C=O) groups excluding carboxylic acids is 1. The molecule has 0 unspecified atom stereocenters. The van der Waals surface area contributed by atoms with Crippen molar-refractivity contribution in [3.05, 3.63) is 54.0 Å². The maximum Gasteiger partial charge on any atom is 0.220 e. The van der Waals surface area contributed by atoms with Gasteiger partial charge in [0.2, 0.25) is 5.91 Å². The summed E-state index contributed by atoms with van der Waals surface area (Å²) in [5, 5.41) is 2.99. The summed E-state index contributed by atoms with van der Waals surface area (Å²) < 4.78 is 10.4. The molecule has 0 aliphatic rings.